The van der Waals surface area contributed by atoms with E-state index in [9.17, 15) is 4.79 Å². The van der Waals surface area contributed by atoms with Crippen molar-refractivity contribution in [2.45, 2.75) is 47.1 Å². The Morgan fingerprint density at radius 3 is 2.32 bits per heavy atom. The highest BCUT2D eigenvalue weighted by Gasteiger charge is 2.16. The molecule has 25 heavy (non-hydrogen) atoms. The summed E-state index contributed by atoms with van der Waals surface area (Å²) < 4.78 is 0. The normalized spacial score (nSPS) is 11.3. The summed E-state index contributed by atoms with van der Waals surface area (Å²) in [4.78, 5) is 16.1. The van der Waals surface area contributed by atoms with Crippen molar-refractivity contribution < 1.29 is 4.79 Å². The van der Waals surface area contributed by atoms with Gasteiger partial charge >= 0.3 is 0 Å². The number of rotatable bonds is 9. The fourth-order valence-electron chi connectivity index (χ4n) is 2.73. The molecule has 0 atom stereocenters. The van der Waals surface area contributed by atoms with Gasteiger partial charge in [0.25, 0.3) is 0 Å². The fraction of sp³-hybridized carbons (Fsp3) is 0.579. The molecule has 0 spiro atoms. The van der Waals surface area contributed by atoms with Crippen LogP contribution < -0.4 is 0 Å². The Labute approximate surface area is 150 Å². The lowest BCUT2D eigenvalue weighted by Gasteiger charge is -2.26. The topological polar surface area (TPSA) is 63.9 Å². The molecule has 0 bridgehead atoms. The number of hydrogen-bond acceptors (Lipinski definition) is 4. The van der Waals surface area contributed by atoms with Gasteiger partial charge in [-0.25, -0.2) is 0 Å². The maximum Gasteiger partial charge on any atom is 0.222 e. The summed E-state index contributed by atoms with van der Waals surface area (Å²) in [6, 6.07) is 9.78. The second-order valence-electron chi connectivity index (χ2n) is 7.26. The quantitative estimate of drug-likeness (QED) is 0.701. The van der Waals surface area contributed by atoms with Crippen molar-refractivity contribution in [2.24, 2.45) is 11.8 Å². The molecule has 0 saturated heterocycles. The van der Waals surface area contributed by atoms with E-state index >= 15 is 0 Å². The molecule has 1 amide bonds. The van der Waals surface area contributed by atoms with Crippen LogP contribution >= 0.6 is 0 Å². The van der Waals surface area contributed by atoms with Crippen LogP contribution in [0.5, 0.6) is 0 Å². The molecule has 0 aliphatic carbocycles. The summed E-state index contributed by atoms with van der Waals surface area (Å²) in [5, 5.41) is 12.6. The van der Waals surface area contributed by atoms with Gasteiger partial charge in [-0.15, -0.1) is 10.2 Å². The maximum atomic E-state index is 12.5. The number of amides is 1. The average molecular weight is 343 g/mol. The van der Waals surface area contributed by atoms with Gasteiger partial charge in [-0.3, -0.25) is 4.79 Å². The number of nitrogens with zero attached hydrogens (tertiary/aromatic N) is 5. The minimum atomic E-state index is 0.214. The van der Waals surface area contributed by atoms with Crippen molar-refractivity contribution in [1.29, 1.82) is 0 Å². The van der Waals surface area contributed by atoms with Gasteiger partial charge in [0.15, 0.2) is 0 Å². The average Bonchev–Trinajstić information content (AvgIpc) is 3.03. The maximum absolute atomic E-state index is 12.5. The molecule has 1 heterocycles. The molecule has 2 aromatic rings. The fourth-order valence-corrected chi connectivity index (χ4v) is 2.73. The summed E-state index contributed by atoms with van der Waals surface area (Å²) in [5.41, 5.74) is 0.949. The predicted molar refractivity (Wildman–Crippen MR) is 98.7 cm³/mol. The number of hydrogen-bond donors (Lipinski definition) is 0. The van der Waals surface area contributed by atoms with Crippen molar-refractivity contribution in [1.82, 2.24) is 25.1 Å². The molecule has 136 valence electrons. The number of carbonyl (C=O) groups is 1. The Hall–Kier alpha value is -2.24. The highest BCUT2D eigenvalue weighted by atomic mass is 16.2. The van der Waals surface area contributed by atoms with Crippen LogP contribution in [-0.4, -0.2) is 44.1 Å². The molecular weight excluding hydrogens is 314 g/mol. The zero-order chi connectivity index (χ0) is 18.2. The molecule has 0 aliphatic heterocycles. The lowest BCUT2D eigenvalue weighted by Crippen LogP contribution is -2.37. The zero-order valence-corrected chi connectivity index (χ0v) is 15.7. The molecular formula is C19H29N5O. The van der Waals surface area contributed by atoms with Crippen molar-refractivity contribution in [2.75, 3.05) is 13.1 Å². The van der Waals surface area contributed by atoms with Crippen molar-refractivity contribution in [3.8, 4) is 11.4 Å². The van der Waals surface area contributed by atoms with Gasteiger partial charge in [0.1, 0.15) is 0 Å². The van der Waals surface area contributed by atoms with Crippen LogP contribution in [0.3, 0.4) is 0 Å². The van der Waals surface area contributed by atoms with Crippen LogP contribution in [0.25, 0.3) is 11.4 Å². The molecule has 6 nitrogen and oxygen atoms in total. The minimum absolute atomic E-state index is 0.214. The van der Waals surface area contributed by atoms with Gasteiger partial charge in [0.05, 0.1) is 6.54 Å². The first-order chi connectivity index (χ1) is 12.0. The van der Waals surface area contributed by atoms with Crippen LogP contribution in [0.4, 0.5) is 0 Å². The monoisotopic (exact) mass is 343 g/mol. The summed E-state index contributed by atoms with van der Waals surface area (Å²) >= 11 is 0. The van der Waals surface area contributed by atoms with Crippen molar-refractivity contribution in [3.63, 3.8) is 0 Å². The van der Waals surface area contributed by atoms with Crippen LogP contribution in [0, 0.1) is 11.8 Å². The summed E-state index contributed by atoms with van der Waals surface area (Å²) in [5.74, 6) is 1.79. The van der Waals surface area contributed by atoms with Gasteiger partial charge in [0.2, 0.25) is 11.7 Å². The smallest absolute Gasteiger partial charge is 0.222 e. The van der Waals surface area contributed by atoms with Gasteiger partial charge in [0, 0.05) is 25.1 Å². The Morgan fingerprint density at radius 1 is 1.08 bits per heavy atom. The van der Waals surface area contributed by atoms with Gasteiger partial charge in [-0.05, 0) is 23.5 Å². The standard InChI is InChI=1S/C19H29N5O/c1-15(2)13-23(14-16(3)4)18(25)11-8-12-24-21-19(20-22-24)17-9-6-5-7-10-17/h5-7,9-10,15-16H,8,11-14H2,1-4H3. The third kappa shape index (κ3) is 6.29. The predicted octanol–water partition coefficient (Wildman–Crippen LogP) is 3.26. The highest BCUT2D eigenvalue weighted by molar-refractivity contribution is 5.76. The van der Waals surface area contributed by atoms with E-state index < -0.39 is 0 Å². The van der Waals surface area contributed by atoms with Crippen LogP contribution in [0.15, 0.2) is 30.3 Å². The first kappa shape index (κ1) is 19.1. The Morgan fingerprint density at radius 2 is 1.72 bits per heavy atom. The van der Waals surface area contributed by atoms with Crippen LogP contribution in [0.2, 0.25) is 0 Å². The van der Waals surface area contributed by atoms with E-state index in [1.165, 1.54) is 0 Å². The second kappa shape index (κ2) is 9.30. The van der Waals surface area contributed by atoms with Gasteiger partial charge < -0.3 is 4.90 Å². The Kier molecular flexibility index (Phi) is 7.10. The van der Waals surface area contributed by atoms with E-state index in [0.29, 0.717) is 30.6 Å². The zero-order valence-electron chi connectivity index (χ0n) is 15.7. The van der Waals surface area contributed by atoms with E-state index in [1.807, 2.05) is 35.2 Å². The third-order valence-corrected chi connectivity index (χ3v) is 3.76. The lowest BCUT2D eigenvalue weighted by molar-refractivity contribution is -0.132. The van der Waals surface area contributed by atoms with E-state index in [1.54, 1.807) is 4.80 Å². The summed E-state index contributed by atoms with van der Waals surface area (Å²) in [6.45, 7) is 10.8. The van der Waals surface area contributed by atoms with Gasteiger partial charge in [-0.2, -0.15) is 4.80 Å². The van der Waals surface area contributed by atoms with E-state index in [4.69, 9.17) is 0 Å². The molecule has 0 fully saturated rings. The molecule has 2 rings (SSSR count). The Bertz CT molecular complexity index is 641. The number of aryl methyl sites for hydroxylation is 1. The number of tetrazole rings is 1. The first-order valence-corrected chi connectivity index (χ1v) is 9.06. The van der Waals surface area contributed by atoms with E-state index in [-0.39, 0.29) is 5.91 Å². The number of carbonyl (C=O) groups excluding carboxylic acids is 1. The number of aromatic nitrogens is 4. The summed E-state index contributed by atoms with van der Waals surface area (Å²) in [7, 11) is 0. The van der Waals surface area contributed by atoms with Gasteiger partial charge in [-0.1, -0.05) is 58.0 Å². The molecule has 0 saturated carbocycles. The van der Waals surface area contributed by atoms with E-state index in [2.05, 4.69) is 43.1 Å². The number of benzene rings is 1. The third-order valence-electron chi connectivity index (χ3n) is 3.76. The molecule has 0 unspecified atom stereocenters. The van der Waals surface area contributed by atoms with Crippen molar-refractivity contribution in [3.05, 3.63) is 30.3 Å². The molecule has 0 aliphatic rings. The van der Waals surface area contributed by atoms with Crippen molar-refractivity contribution >= 4 is 5.91 Å². The first-order valence-electron chi connectivity index (χ1n) is 9.06. The second-order valence-corrected chi connectivity index (χ2v) is 7.26. The molecule has 0 N–H and O–H groups in total. The van der Waals surface area contributed by atoms with E-state index in [0.717, 1.165) is 25.1 Å². The summed E-state index contributed by atoms with van der Waals surface area (Å²) in [6.07, 6.45) is 1.23. The molecule has 6 heteroatoms. The van der Waals surface area contributed by atoms with Crippen LogP contribution in [0.1, 0.15) is 40.5 Å². The molecule has 0 radical (unpaired) electrons. The SMILES string of the molecule is CC(C)CN(CC(C)C)C(=O)CCCn1nnc(-c2ccccc2)n1. The Balaban J connectivity index is 1.85. The molecule has 1 aromatic heterocycles. The molecule has 1 aromatic carbocycles. The largest absolute Gasteiger partial charge is 0.342 e. The minimum Gasteiger partial charge on any atom is -0.342 e. The van der Waals surface area contributed by atoms with Crippen LogP contribution in [-0.2, 0) is 11.3 Å². The highest BCUT2D eigenvalue weighted by Crippen LogP contribution is 2.12. The lowest BCUT2D eigenvalue weighted by atomic mass is 10.1.